The number of hydrogen-bond acceptors (Lipinski definition) is 2. The van der Waals surface area contributed by atoms with Crippen molar-refractivity contribution in [3.8, 4) is 0 Å². The molecule has 0 atom stereocenters. The number of fused-ring (bicyclic) bond motifs is 1. The fourth-order valence-electron chi connectivity index (χ4n) is 2.11. The van der Waals surface area contributed by atoms with Gasteiger partial charge in [0.05, 0.1) is 0 Å². The molecule has 0 saturated carbocycles. The van der Waals surface area contributed by atoms with Crippen molar-refractivity contribution in [3.63, 3.8) is 0 Å². The molecule has 0 spiro atoms. The number of thiophene rings is 1. The van der Waals surface area contributed by atoms with E-state index in [1.165, 1.54) is 21.2 Å². The third-order valence-electron chi connectivity index (χ3n) is 2.89. The topological polar surface area (TPSA) is 12.0 Å². The van der Waals surface area contributed by atoms with Gasteiger partial charge in [-0.3, -0.25) is 0 Å². The smallest absolute Gasteiger partial charge is 0.0417 e. The zero-order valence-corrected chi connectivity index (χ0v) is 10.5. The monoisotopic (exact) mass is 251 g/mol. The molecule has 0 fully saturated rings. The summed E-state index contributed by atoms with van der Waals surface area (Å²) in [5.41, 5.74) is 2.94. The normalized spacial score (nSPS) is 15.6. The Morgan fingerprint density at radius 2 is 2.12 bits per heavy atom. The predicted molar refractivity (Wildman–Crippen MR) is 74.5 cm³/mol. The van der Waals surface area contributed by atoms with Gasteiger partial charge in [0.25, 0.3) is 0 Å². The molecule has 0 aliphatic carbocycles. The molecule has 0 unspecified atom stereocenters. The maximum absolute atomic E-state index is 3.35. The van der Waals surface area contributed by atoms with Crippen molar-refractivity contribution in [1.82, 2.24) is 5.32 Å². The van der Waals surface area contributed by atoms with E-state index in [2.05, 4.69) is 41.0 Å². The van der Waals surface area contributed by atoms with Crippen LogP contribution in [0.25, 0.3) is 15.7 Å². The maximum atomic E-state index is 3.35. The Balaban J connectivity index is 0.000000963. The van der Waals surface area contributed by atoms with Gasteiger partial charge in [0.15, 0.2) is 0 Å². The molecule has 0 bridgehead atoms. The molecular formula is C13H14ClNS. The van der Waals surface area contributed by atoms with Crippen molar-refractivity contribution >= 4 is 39.4 Å². The molecule has 84 valence electrons. The molecule has 1 aromatic carbocycles. The molecule has 16 heavy (non-hydrogen) atoms. The first-order chi connectivity index (χ1) is 7.45. The number of benzene rings is 1. The van der Waals surface area contributed by atoms with E-state index in [1.54, 1.807) is 0 Å². The van der Waals surface area contributed by atoms with Gasteiger partial charge in [0.2, 0.25) is 0 Å². The molecule has 2 aromatic rings. The van der Waals surface area contributed by atoms with Crippen molar-refractivity contribution < 1.29 is 0 Å². The molecule has 1 nitrogen and oxygen atoms in total. The van der Waals surface area contributed by atoms with E-state index in [0.29, 0.717) is 0 Å². The fourth-order valence-corrected chi connectivity index (χ4v) is 3.06. The maximum Gasteiger partial charge on any atom is 0.0417 e. The van der Waals surface area contributed by atoms with E-state index in [0.717, 1.165) is 19.5 Å². The lowest BCUT2D eigenvalue weighted by Crippen LogP contribution is -2.19. The highest BCUT2D eigenvalue weighted by Crippen LogP contribution is 2.31. The predicted octanol–water partition coefficient (Wildman–Crippen LogP) is 3.70. The van der Waals surface area contributed by atoms with Crippen LogP contribution in [0.15, 0.2) is 35.7 Å². The molecule has 1 aliphatic rings. The first-order valence-corrected chi connectivity index (χ1v) is 6.19. The van der Waals surface area contributed by atoms with Crippen LogP contribution in [0.1, 0.15) is 12.0 Å². The molecule has 2 heterocycles. The van der Waals surface area contributed by atoms with E-state index < -0.39 is 0 Å². The standard InChI is InChI=1S/C13H13NS.ClH/c1-2-11-6-9-15-13(11)12(3-1)10-4-7-14-8-5-10;/h1-4,6,9,14H,5,7-8H2;1H. The van der Waals surface area contributed by atoms with Crippen LogP contribution in [0, 0.1) is 0 Å². The largest absolute Gasteiger partial charge is 0.313 e. The van der Waals surface area contributed by atoms with E-state index >= 15 is 0 Å². The number of hydrogen-bond donors (Lipinski definition) is 1. The van der Waals surface area contributed by atoms with Gasteiger partial charge in [-0.25, -0.2) is 0 Å². The summed E-state index contributed by atoms with van der Waals surface area (Å²) in [7, 11) is 0. The van der Waals surface area contributed by atoms with E-state index in [-0.39, 0.29) is 12.4 Å². The van der Waals surface area contributed by atoms with Crippen LogP contribution in [-0.4, -0.2) is 13.1 Å². The Morgan fingerprint density at radius 1 is 1.19 bits per heavy atom. The number of nitrogens with one attached hydrogen (secondary N) is 1. The zero-order chi connectivity index (χ0) is 10.1. The van der Waals surface area contributed by atoms with Crippen LogP contribution in [0.5, 0.6) is 0 Å². The Bertz CT molecular complexity index is 515. The highest BCUT2D eigenvalue weighted by molar-refractivity contribution is 7.17. The molecule has 0 amide bonds. The highest BCUT2D eigenvalue weighted by atomic mass is 35.5. The average molecular weight is 252 g/mol. The Kier molecular flexibility index (Phi) is 3.64. The summed E-state index contributed by atoms with van der Waals surface area (Å²) in [5, 5.41) is 6.90. The highest BCUT2D eigenvalue weighted by Gasteiger charge is 2.09. The lowest BCUT2D eigenvalue weighted by atomic mass is 9.99. The summed E-state index contributed by atoms with van der Waals surface area (Å²) >= 11 is 1.85. The van der Waals surface area contributed by atoms with Gasteiger partial charge in [-0.2, -0.15) is 0 Å². The second-order valence-electron chi connectivity index (χ2n) is 3.83. The van der Waals surface area contributed by atoms with E-state index in [4.69, 9.17) is 0 Å². The van der Waals surface area contributed by atoms with Gasteiger partial charge in [-0.15, -0.1) is 23.7 Å². The second kappa shape index (κ2) is 5.00. The van der Waals surface area contributed by atoms with E-state index in [9.17, 15) is 0 Å². The summed E-state index contributed by atoms with van der Waals surface area (Å²) in [5.74, 6) is 0. The van der Waals surface area contributed by atoms with Crippen molar-refractivity contribution in [2.45, 2.75) is 6.42 Å². The van der Waals surface area contributed by atoms with Crippen LogP contribution < -0.4 is 5.32 Å². The van der Waals surface area contributed by atoms with Gasteiger partial charge in [-0.1, -0.05) is 24.3 Å². The Labute approximate surface area is 106 Å². The molecule has 3 heteroatoms. The van der Waals surface area contributed by atoms with Crippen LogP contribution in [0.4, 0.5) is 0 Å². The SMILES string of the molecule is C1=C(c2cccc3ccsc23)CCNC1.Cl. The minimum Gasteiger partial charge on any atom is -0.313 e. The summed E-state index contributed by atoms with van der Waals surface area (Å²) in [6.07, 6.45) is 3.47. The first kappa shape index (κ1) is 11.6. The summed E-state index contributed by atoms with van der Waals surface area (Å²) in [4.78, 5) is 0. The first-order valence-electron chi connectivity index (χ1n) is 5.31. The Hall–Kier alpha value is -0.830. The van der Waals surface area contributed by atoms with Crippen LogP contribution in [0.2, 0.25) is 0 Å². The molecule has 3 rings (SSSR count). The summed E-state index contributed by atoms with van der Waals surface area (Å²) in [6, 6.07) is 8.80. The fraction of sp³-hybridized carbons (Fsp3) is 0.231. The molecule has 1 aromatic heterocycles. The quantitative estimate of drug-likeness (QED) is 0.815. The van der Waals surface area contributed by atoms with Gasteiger partial charge < -0.3 is 5.32 Å². The Morgan fingerprint density at radius 3 is 2.94 bits per heavy atom. The number of rotatable bonds is 1. The number of halogens is 1. The van der Waals surface area contributed by atoms with Crippen molar-refractivity contribution in [2.24, 2.45) is 0 Å². The second-order valence-corrected chi connectivity index (χ2v) is 4.74. The van der Waals surface area contributed by atoms with Gasteiger partial charge in [0.1, 0.15) is 0 Å². The summed E-state index contributed by atoms with van der Waals surface area (Å²) < 4.78 is 1.44. The lowest BCUT2D eigenvalue weighted by Gasteiger charge is -2.14. The zero-order valence-electron chi connectivity index (χ0n) is 8.90. The minimum atomic E-state index is 0. The molecule has 1 N–H and O–H groups in total. The van der Waals surface area contributed by atoms with E-state index in [1.807, 2.05) is 11.3 Å². The van der Waals surface area contributed by atoms with Gasteiger partial charge >= 0.3 is 0 Å². The van der Waals surface area contributed by atoms with Crippen LogP contribution >= 0.6 is 23.7 Å². The van der Waals surface area contributed by atoms with Crippen molar-refractivity contribution in [1.29, 1.82) is 0 Å². The van der Waals surface area contributed by atoms with Crippen molar-refractivity contribution in [3.05, 3.63) is 41.3 Å². The van der Waals surface area contributed by atoms with Crippen LogP contribution in [0.3, 0.4) is 0 Å². The summed E-state index contributed by atoms with van der Waals surface area (Å²) in [6.45, 7) is 2.12. The molecule has 0 saturated heterocycles. The average Bonchev–Trinajstić information content (AvgIpc) is 2.78. The molecule has 0 radical (unpaired) electrons. The van der Waals surface area contributed by atoms with Gasteiger partial charge in [-0.05, 0) is 40.9 Å². The van der Waals surface area contributed by atoms with Crippen molar-refractivity contribution in [2.75, 3.05) is 13.1 Å². The third-order valence-corrected chi connectivity index (χ3v) is 3.85. The van der Waals surface area contributed by atoms with Crippen LogP contribution in [-0.2, 0) is 0 Å². The molecular weight excluding hydrogens is 238 g/mol. The molecule has 1 aliphatic heterocycles. The third kappa shape index (κ3) is 2.01. The van der Waals surface area contributed by atoms with Gasteiger partial charge in [0, 0.05) is 11.2 Å². The minimum absolute atomic E-state index is 0. The lowest BCUT2D eigenvalue weighted by molar-refractivity contribution is 0.739.